The maximum atomic E-state index is 10.6. The molecule has 6 heteroatoms. The average molecular weight is 280 g/mol. The fourth-order valence-electron chi connectivity index (χ4n) is 2.35. The molecule has 0 amide bonds. The van der Waals surface area contributed by atoms with Crippen LogP contribution < -0.4 is 0 Å². The van der Waals surface area contributed by atoms with Gasteiger partial charge < -0.3 is 9.84 Å². The van der Waals surface area contributed by atoms with E-state index in [1.807, 2.05) is 0 Å². The smallest absolute Gasteiger partial charge is 0.269 e. The number of nitrogens with zero attached hydrogens (tertiary/aromatic N) is 2. The summed E-state index contributed by atoms with van der Waals surface area (Å²) in [4.78, 5) is 12.5. The molecule has 1 saturated heterocycles. The van der Waals surface area contributed by atoms with Gasteiger partial charge in [-0.1, -0.05) is 12.1 Å². The van der Waals surface area contributed by atoms with Gasteiger partial charge in [-0.3, -0.25) is 15.0 Å². The Labute approximate surface area is 118 Å². The first kappa shape index (κ1) is 14.9. The lowest BCUT2D eigenvalue weighted by Crippen LogP contribution is -2.50. The molecular weight excluding hydrogens is 260 g/mol. The Balaban J connectivity index is 1.88. The Hall–Kier alpha value is -1.50. The van der Waals surface area contributed by atoms with Gasteiger partial charge in [0.1, 0.15) is 0 Å². The van der Waals surface area contributed by atoms with Crippen molar-refractivity contribution < 1.29 is 14.8 Å². The second-order valence-electron chi connectivity index (χ2n) is 5.16. The molecule has 20 heavy (non-hydrogen) atoms. The van der Waals surface area contributed by atoms with Crippen molar-refractivity contribution in [3.63, 3.8) is 0 Å². The van der Waals surface area contributed by atoms with E-state index in [0.29, 0.717) is 12.6 Å². The molecule has 1 aliphatic heterocycles. The van der Waals surface area contributed by atoms with E-state index in [2.05, 4.69) is 11.8 Å². The summed E-state index contributed by atoms with van der Waals surface area (Å²) in [5.74, 6) is 0. The third kappa shape index (κ3) is 3.75. The number of nitro benzene ring substituents is 1. The molecule has 0 bridgehead atoms. The van der Waals surface area contributed by atoms with Gasteiger partial charge in [-0.2, -0.15) is 0 Å². The highest BCUT2D eigenvalue weighted by Crippen LogP contribution is 2.15. The van der Waals surface area contributed by atoms with Crippen molar-refractivity contribution in [3.8, 4) is 0 Å². The first-order valence-electron chi connectivity index (χ1n) is 6.80. The number of aliphatic hydroxyl groups excluding tert-OH is 1. The monoisotopic (exact) mass is 280 g/mol. The molecule has 0 radical (unpaired) electrons. The van der Waals surface area contributed by atoms with Gasteiger partial charge in [0.15, 0.2) is 0 Å². The molecule has 0 aliphatic carbocycles. The van der Waals surface area contributed by atoms with E-state index in [1.165, 1.54) is 12.1 Å². The van der Waals surface area contributed by atoms with E-state index in [9.17, 15) is 10.1 Å². The minimum Gasteiger partial charge on any atom is -0.394 e. The van der Waals surface area contributed by atoms with Crippen LogP contribution in [0.3, 0.4) is 0 Å². The molecular formula is C14H20N2O4. The number of hydrogen-bond donors (Lipinski definition) is 1. The maximum Gasteiger partial charge on any atom is 0.269 e. The summed E-state index contributed by atoms with van der Waals surface area (Å²) in [5, 5.41) is 19.7. The molecule has 0 saturated carbocycles. The predicted molar refractivity (Wildman–Crippen MR) is 74.7 cm³/mol. The Morgan fingerprint density at radius 1 is 1.45 bits per heavy atom. The first-order valence-corrected chi connectivity index (χ1v) is 6.80. The highest BCUT2D eigenvalue weighted by Gasteiger charge is 2.25. The van der Waals surface area contributed by atoms with Gasteiger partial charge in [-0.25, -0.2) is 0 Å². The normalized spacial score (nSPS) is 23.7. The topological polar surface area (TPSA) is 75.8 Å². The quantitative estimate of drug-likeness (QED) is 0.648. The summed E-state index contributed by atoms with van der Waals surface area (Å²) < 4.78 is 5.50. The van der Waals surface area contributed by atoms with Gasteiger partial charge in [0.2, 0.25) is 0 Å². The Morgan fingerprint density at radius 3 is 2.75 bits per heavy atom. The molecule has 1 aromatic carbocycles. The van der Waals surface area contributed by atoms with E-state index < -0.39 is 0 Å². The molecule has 0 aromatic heterocycles. The van der Waals surface area contributed by atoms with E-state index in [-0.39, 0.29) is 23.3 Å². The number of benzene rings is 1. The Morgan fingerprint density at radius 2 is 2.15 bits per heavy atom. The van der Waals surface area contributed by atoms with Crippen LogP contribution in [-0.2, 0) is 11.2 Å². The summed E-state index contributed by atoms with van der Waals surface area (Å²) in [6.07, 6.45) is 0.726. The van der Waals surface area contributed by atoms with E-state index in [1.54, 1.807) is 12.1 Å². The second kappa shape index (κ2) is 6.78. The molecule has 1 aromatic rings. The number of ether oxygens (including phenoxy) is 1. The molecule has 0 spiro atoms. The SMILES string of the molecule is CC1COC(CO)CN1CCc1ccc([N+](=O)[O-])cc1. The molecule has 1 fully saturated rings. The van der Waals surface area contributed by atoms with Crippen LogP contribution in [0.5, 0.6) is 0 Å². The van der Waals surface area contributed by atoms with Crippen LogP contribution in [0.4, 0.5) is 5.69 Å². The average Bonchev–Trinajstić information content (AvgIpc) is 2.47. The van der Waals surface area contributed by atoms with Crippen LogP contribution in [0.1, 0.15) is 12.5 Å². The van der Waals surface area contributed by atoms with Crippen LogP contribution in [0.15, 0.2) is 24.3 Å². The minimum absolute atomic E-state index is 0.0424. The lowest BCUT2D eigenvalue weighted by atomic mass is 10.1. The lowest BCUT2D eigenvalue weighted by molar-refractivity contribution is -0.384. The number of morpholine rings is 1. The van der Waals surface area contributed by atoms with Crippen molar-refractivity contribution in [3.05, 3.63) is 39.9 Å². The zero-order chi connectivity index (χ0) is 14.5. The first-order chi connectivity index (χ1) is 9.60. The molecule has 6 nitrogen and oxygen atoms in total. The van der Waals surface area contributed by atoms with Crippen molar-refractivity contribution in [2.45, 2.75) is 25.5 Å². The number of hydrogen-bond acceptors (Lipinski definition) is 5. The van der Waals surface area contributed by atoms with Gasteiger partial charge >= 0.3 is 0 Å². The lowest BCUT2D eigenvalue weighted by Gasteiger charge is -2.37. The summed E-state index contributed by atoms with van der Waals surface area (Å²) in [5.41, 5.74) is 1.20. The van der Waals surface area contributed by atoms with E-state index >= 15 is 0 Å². The molecule has 110 valence electrons. The van der Waals surface area contributed by atoms with E-state index in [4.69, 9.17) is 9.84 Å². The van der Waals surface area contributed by atoms with Crippen LogP contribution in [0.2, 0.25) is 0 Å². The van der Waals surface area contributed by atoms with Gasteiger partial charge in [0.25, 0.3) is 5.69 Å². The van der Waals surface area contributed by atoms with Crippen LogP contribution in [0.25, 0.3) is 0 Å². The second-order valence-corrected chi connectivity index (χ2v) is 5.16. The van der Waals surface area contributed by atoms with Crippen LogP contribution >= 0.6 is 0 Å². The largest absolute Gasteiger partial charge is 0.394 e. The minimum atomic E-state index is -0.389. The molecule has 2 rings (SSSR count). The number of non-ortho nitro benzene ring substituents is 1. The fourth-order valence-corrected chi connectivity index (χ4v) is 2.35. The van der Waals surface area contributed by atoms with Crippen molar-refractivity contribution in [1.82, 2.24) is 4.90 Å². The number of nitro groups is 1. The van der Waals surface area contributed by atoms with Gasteiger partial charge in [-0.15, -0.1) is 0 Å². The van der Waals surface area contributed by atoms with Gasteiger partial charge in [0.05, 0.1) is 24.2 Å². The summed E-state index contributed by atoms with van der Waals surface area (Å²) >= 11 is 0. The summed E-state index contributed by atoms with van der Waals surface area (Å²) in [7, 11) is 0. The van der Waals surface area contributed by atoms with Crippen molar-refractivity contribution in [1.29, 1.82) is 0 Å². The molecule has 1 aliphatic rings. The number of rotatable bonds is 5. The zero-order valence-electron chi connectivity index (χ0n) is 11.6. The van der Waals surface area contributed by atoms with Crippen LogP contribution in [0, 0.1) is 10.1 Å². The van der Waals surface area contributed by atoms with E-state index in [0.717, 1.165) is 25.1 Å². The Bertz CT molecular complexity index is 449. The van der Waals surface area contributed by atoms with Gasteiger partial charge in [-0.05, 0) is 18.9 Å². The highest BCUT2D eigenvalue weighted by atomic mass is 16.6. The third-order valence-electron chi connectivity index (χ3n) is 3.67. The van der Waals surface area contributed by atoms with Crippen molar-refractivity contribution in [2.75, 3.05) is 26.3 Å². The number of aliphatic hydroxyl groups is 1. The predicted octanol–water partition coefficient (Wildman–Crippen LogP) is 1.22. The summed E-state index contributed by atoms with van der Waals surface area (Å²) in [6.45, 7) is 4.36. The van der Waals surface area contributed by atoms with Crippen molar-refractivity contribution >= 4 is 5.69 Å². The summed E-state index contributed by atoms with van der Waals surface area (Å²) in [6, 6.07) is 7.00. The van der Waals surface area contributed by atoms with Crippen LogP contribution in [-0.4, -0.2) is 53.4 Å². The standard InChI is InChI=1S/C14H20N2O4/c1-11-10-20-14(9-17)8-15(11)7-6-12-2-4-13(5-3-12)16(18)19/h2-5,11,14,17H,6-10H2,1H3. The Kier molecular flexibility index (Phi) is 5.05. The zero-order valence-corrected chi connectivity index (χ0v) is 11.6. The molecule has 1 heterocycles. The molecule has 2 unspecified atom stereocenters. The fraction of sp³-hybridized carbons (Fsp3) is 0.571. The van der Waals surface area contributed by atoms with Crippen molar-refractivity contribution in [2.24, 2.45) is 0 Å². The molecule has 1 N–H and O–H groups in total. The third-order valence-corrected chi connectivity index (χ3v) is 3.67. The van der Waals surface area contributed by atoms with Gasteiger partial charge in [0, 0.05) is 31.3 Å². The maximum absolute atomic E-state index is 10.6. The molecule has 2 atom stereocenters. The highest BCUT2D eigenvalue weighted by molar-refractivity contribution is 5.32.